The monoisotopic (exact) mass is 415 g/mol. The number of halogens is 1. The van der Waals surface area contributed by atoms with E-state index in [1.54, 1.807) is 23.5 Å². The largest absolute Gasteiger partial charge is 0.347 e. The summed E-state index contributed by atoms with van der Waals surface area (Å²) in [7, 11) is 0. The number of rotatable bonds is 4. The molecule has 146 valence electrons. The number of carbonyl (C=O) groups is 1. The van der Waals surface area contributed by atoms with Crippen molar-refractivity contribution in [3.8, 4) is 5.13 Å². The lowest BCUT2D eigenvalue weighted by Crippen LogP contribution is -2.38. The zero-order valence-electron chi connectivity index (χ0n) is 15.9. The summed E-state index contributed by atoms with van der Waals surface area (Å²) in [4.78, 5) is 14.8. The number of carbonyl (C=O) groups excluding carboxylic acids is 1. The highest BCUT2D eigenvalue weighted by Crippen LogP contribution is 2.29. The molecular formula is C20H22ClN5OS. The molecule has 1 aromatic carbocycles. The molecule has 0 spiro atoms. The molecule has 8 heteroatoms. The summed E-state index contributed by atoms with van der Waals surface area (Å²) in [5, 5.41) is 14.2. The van der Waals surface area contributed by atoms with Gasteiger partial charge in [-0.3, -0.25) is 9.36 Å². The molecule has 0 bridgehead atoms. The quantitative estimate of drug-likeness (QED) is 0.683. The molecule has 1 aliphatic rings. The van der Waals surface area contributed by atoms with Crippen molar-refractivity contribution in [2.45, 2.75) is 26.7 Å². The summed E-state index contributed by atoms with van der Waals surface area (Å²) in [6, 6.07) is 11.4. The van der Waals surface area contributed by atoms with Gasteiger partial charge in [0.1, 0.15) is 0 Å². The fraction of sp³-hybridized carbons (Fsp3) is 0.350. The molecule has 0 aliphatic carbocycles. The van der Waals surface area contributed by atoms with Crippen LogP contribution in [0.5, 0.6) is 0 Å². The van der Waals surface area contributed by atoms with E-state index in [4.69, 9.17) is 11.6 Å². The average molecular weight is 416 g/mol. The maximum atomic E-state index is 12.5. The van der Waals surface area contributed by atoms with Crippen LogP contribution in [0.4, 0.5) is 10.8 Å². The Labute approximate surface area is 173 Å². The van der Waals surface area contributed by atoms with Crippen molar-refractivity contribution in [3.05, 3.63) is 52.8 Å². The van der Waals surface area contributed by atoms with E-state index in [2.05, 4.69) is 51.0 Å². The van der Waals surface area contributed by atoms with Gasteiger partial charge >= 0.3 is 0 Å². The molecule has 2 aromatic heterocycles. The number of nitrogens with zero attached hydrogens (tertiary/aromatic N) is 4. The number of piperidine rings is 1. The van der Waals surface area contributed by atoms with Gasteiger partial charge in [-0.1, -0.05) is 22.9 Å². The predicted molar refractivity (Wildman–Crippen MR) is 114 cm³/mol. The summed E-state index contributed by atoms with van der Waals surface area (Å²) in [5.74, 6) is 0.0757. The van der Waals surface area contributed by atoms with E-state index in [9.17, 15) is 4.79 Å². The molecule has 1 aliphatic heterocycles. The van der Waals surface area contributed by atoms with Crippen LogP contribution in [0.1, 0.15) is 24.2 Å². The number of anilines is 2. The number of nitrogens with one attached hydrogen (secondary N) is 1. The first-order valence-corrected chi connectivity index (χ1v) is 10.5. The topological polar surface area (TPSA) is 63.1 Å². The van der Waals surface area contributed by atoms with E-state index in [1.807, 2.05) is 12.1 Å². The van der Waals surface area contributed by atoms with Crippen LogP contribution in [-0.2, 0) is 4.79 Å². The third kappa shape index (κ3) is 3.91. The smallest absolute Gasteiger partial charge is 0.227 e. The van der Waals surface area contributed by atoms with Crippen molar-refractivity contribution >= 4 is 39.7 Å². The van der Waals surface area contributed by atoms with Crippen LogP contribution in [0, 0.1) is 19.8 Å². The lowest BCUT2D eigenvalue weighted by Gasteiger charge is -2.30. The van der Waals surface area contributed by atoms with Crippen LogP contribution in [-0.4, -0.2) is 33.8 Å². The van der Waals surface area contributed by atoms with E-state index < -0.39 is 0 Å². The molecule has 28 heavy (non-hydrogen) atoms. The lowest BCUT2D eigenvalue weighted by molar-refractivity contribution is -0.120. The SMILES string of the molecule is Cc1ccc(C)n1-c1nnc(N2CCC(C(=O)Nc3ccc(Cl)cc3)CC2)s1. The predicted octanol–water partition coefficient (Wildman–Crippen LogP) is 4.45. The van der Waals surface area contributed by atoms with Crippen molar-refractivity contribution < 1.29 is 4.79 Å². The Hall–Kier alpha value is -2.38. The van der Waals surface area contributed by atoms with Crippen molar-refractivity contribution in [1.29, 1.82) is 0 Å². The Morgan fingerprint density at radius 3 is 2.29 bits per heavy atom. The molecule has 0 atom stereocenters. The van der Waals surface area contributed by atoms with Gasteiger partial charge in [0, 0.05) is 41.1 Å². The minimum atomic E-state index is 0.00765. The van der Waals surface area contributed by atoms with Crippen LogP contribution < -0.4 is 10.2 Å². The van der Waals surface area contributed by atoms with E-state index in [1.165, 1.54) is 0 Å². The maximum Gasteiger partial charge on any atom is 0.227 e. The van der Waals surface area contributed by atoms with Gasteiger partial charge in [-0.2, -0.15) is 0 Å². The Kier molecular flexibility index (Phi) is 5.37. The molecule has 1 amide bonds. The van der Waals surface area contributed by atoms with Crippen molar-refractivity contribution in [1.82, 2.24) is 14.8 Å². The van der Waals surface area contributed by atoms with Gasteiger partial charge in [-0.25, -0.2) is 0 Å². The fourth-order valence-electron chi connectivity index (χ4n) is 3.51. The van der Waals surface area contributed by atoms with Gasteiger partial charge in [-0.15, -0.1) is 10.2 Å². The highest BCUT2D eigenvalue weighted by atomic mass is 35.5. The molecule has 6 nitrogen and oxygen atoms in total. The summed E-state index contributed by atoms with van der Waals surface area (Å²) < 4.78 is 2.12. The molecule has 1 N–H and O–H groups in total. The summed E-state index contributed by atoms with van der Waals surface area (Å²) >= 11 is 7.49. The maximum absolute atomic E-state index is 12.5. The third-order valence-electron chi connectivity index (χ3n) is 5.11. The Balaban J connectivity index is 1.36. The Morgan fingerprint density at radius 2 is 1.64 bits per heavy atom. The van der Waals surface area contributed by atoms with E-state index in [-0.39, 0.29) is 11.8 Å². The van der Waals surface area contributed by atoms with Crippen molar-refractivity contribution in [2.75, 3.05) is 23.3 Å². The van der Waals surface area contributed by atoms with Gasteiger partial charge in [0.25, 0.3) is 0 Å². The fourth-order valence-corrected chi connectivity index (χ4v) is 4.65. The molecule has 3 heterocycles. The summed E-state index contributed by atoms with van der Waals surface area (Å²) in [6.45, 7) is 5.74. The van der Waals surface area contributed by atoms with Crippen molar-refractivity contribution in [2.24, 2.45) is 5.92 Å². The number of amides is 1. The lowest BCUT2D eigenvalue weighted by atomic mass is 9.96. The standard InChI is InChI=1S/C20H22ClN5OS/c1-13-3-4-14(2)26(13)20-24-23-19(28-20)25-11-9-15(10-12-25)18(27)22-17-7-5-16(21)6-8-17/h3-8,15H,9-12H2,1-2H3,(H,22,27). The van der Waals surface area contributed by atoms with E-state index in [0.29, 0.717) is 5.02 Å². The molecule has 4 rings (SSSR count). The van der Waals surface area contributed by atoms with Gasteiger partial charge in [0.15, 0.2) is 0 Å². The highest BCUT2D eigenvalue weighted by Gasteiger charge is 2.27. The minimum absolute atomic E-state index is 0.00765. The second-order valence-electron chi connectivity index (χ2n) is 7.08. The van der Waals surface area contributed by atoms with Gasteiger partial charge in [-0.05, 0) is 63.1 Å². The molecule has 3 aromatic rings. The molecule has 1 saturated heterocycles. The van der Waals surface area contributed by atoms with E-state index >= 15 is 0 Å². The van der Waals surface area contributed by atoms with E-state index in [0.717, 1.165) is 53.3 Å². The molecular weight excluding hydrogens is 394 g/mol. The zero-order chi connectivity index (χ0) is 19.7. The second-order valence-corrected chi connectivity index (χ2v) is 8.45. The van der Waals surface area contributed by atoms with Gasteiger partial charge in [0.2, 0.25) is 16.2 Å². The number of aryl methyl sites for hydroxylation is 2. The normalized spacial score (nSPS) is 15.0. The number of benzene rings is 1. The van der Waals surface area contributed by atoms with Crippen LogP contribution in [0.25, 0.3) is 5.13 Å². The van der Waals surface area contributed by atoms with Crippen LogP contribution in [0.15, 0.2) is 36.4 Å². The summed E-state index contributed by atoms with van der Waals surface area (Å²) in [6.07, 6.45) is 1.60. The highest BCUT2D eigenvalue weighted by molar-refractivity contribution is 7.17. The number of hydrogen-bond donors (Lipinski definition) is 1. The zero-order valence-corrected chi connectivity index (χ0v) is 17.4. The third-order valence-corrected chi connectivity index (χ3v) is 6.34. The van der Waals surface area contributed by atoms with Crippen LogP contribution >= 0.6 is 22.9 Å². The number of aromatic nitrogens is 3. The number of hydrogen-bond acceptors (Lipinski definition) is 5. The first-order chi connectivity index (χ1) is 13.5. The van der Waals surface area contributed by atoms with Crippen molar-refractivity contribution in [3.63, 3.8) is 0 Å². The second kappa shape index (κ2) is 7.93. The van der Waals surface area contributed by atoms with Gasteiger partial charge < -0.3 is 10.2 Å². The van der Waals surface area contributed by atoms with Crippen LogP contribution in [0.3, 0.4) is 0 Å². The first-order valence-electron chi connectivity index (χ1n) is 9.31. The molecule has 0 unspecified atom stereocenters. The Bertz CT molecular complexity index is 953. The Morgan fingerprint density at radius 1 is 1.04 bits per heavy atom. The summed E-state index contributed by atoms with van der Waals surface area (Å²) in [5.41, 5.74) is 3.08. The minimum Gasteiger partial charge on any atom is -0.347 e. The average Bonchev–Trinajstić information content (AvgIpc) is 3.30. The van der Waals surface area contributed by atoms with Gasteiger partial charge in [0.05, 0.1) is 0 Å². The molecule has 0 saturated carbocycles. The van der Waals surface area contributed by atoms with Crippen LogP contribution in [0.2, 0.25) is 5.02 Å². The molecule has 0 radical (unpaired) electrons. The first kappa shape index (κ1) is 19.0. The molecule has 1 fully saturated rings.